The van der Waals surface area contributed by atoms with E-state index in [0.29, 0.717) is 15.7 Å². The quantitative estimate of drug-likeness (QED) is 0.465. The van der Waals surface area contributed by atoms with Gasteiger partial charge >= 0.3 is 5.97 Å². The van der Waals surface area contributed by atoms with Crippen LogP contribution >= 0.6 is 23.2 Å². The molecule has 4 nitrogen and oxygen atoms in total. The average molecular weight is 400 g/mol. The third-order valence-electron chi connectivity index (χ3n) is 3.77. The summed E-state index contributed by atoms with van der Waals surface area (Å²) in [5, 5.41) is 5.43. The van der Waals surface area contributed by atoms with Crippen LogP contribution in [0.4, 0.5) is 5.69 Å². The van der Waals surface area contributed by atoms with Gasteiger partial charge in [-0.05, 0) is 40.6 Å². The zero-order valence-electron chi connectivity index (χ0n) is 14.1. The van der Waals surface area contributed by atoms with Crippen molar-refractivity contribution >= 4 is 57.6 Å². The molecule has 136 valence electrons. The molecule has 0 radical (unpaired) electrons. The lowest BCUT2D eigenvalue weighted by Gasteiger charge is -2.07. The molecule has 0 aliphatic carbocycles. The van der Waals surface area contributed by atoms with Gasteiger partial charge in [0.25, 0.3) is 5.91 Å². The summed E-state index contributed by atoms with van der Waals surface area (Å²) >= 11 is 11.8. The van der Waals surface area contributed by atoms with E-state index in [-0.39, 0.29) is 0 Å². The van der Waals surface area contributed by atoms with E-state index in [4.69, 9.17) is 27.9 Å². The first-order chi connectivity index (χ1) is 13.0. The lowest BCUT2D eigenvalue weighted by atomic mass is 10.0. The molecular formula is C21H15Cl2NO3. The zero-order chi connectivity index (χ0) is 19.2. The van der Waals surface area contributed by atoms with E-state index in [1.165, 1.54) is 12.1 Å². The number of hydrogen-bond donors (Lipinski definition) is 1. The minimum Gasteiger partial charge on any atom is -0.452 e. The minimum atomic E-state index is -0.615. The number of hydrogen-bond acceptors (Lipinski definition) is 3. The van der Waals surface area contributed by atoms with Crippen molar-refractivity contribution in [3.05, 3.63) is 82.3 Å². The molecule has 0 aliphatic rings. The number of fused-ring (bicyclic) bond motifs is 1. The van der Waals surface area contributed by atoms with Gasteiger partial charge in [0.05, 0.1) is 10.7 Å². The van der Waals surface area contributed by atoms with E-state index >= 15 is 0 Å². The van der Waals surface area contributed by atoms with Crippen molar-refractivity contribution in [2.45, 2.75) is 0 Å². The Morgan fingerprint density at radius 2 is 1.78 bits per heavy atom. The van der Waals surface area contributed by atoms with Crippen LogP contribution in [-0.2, 0) is 14.3 Å². The summed E-state index contributed by atoms with van der Waals surface area (Å²) < 4.78 is 4.97. The Hall–Kier alpha value is -2.82. The molecule has 1 N–H and O–H groups in total. The summed E-state index contributed by atoms with van der Waals surface area (Å²) in [5.74, 6) is -1.12. The van der Waals surface area contributed by atoms with Crippen molar-refractivity contribution in [2.24, 2.45) is 0 Å². The maximum atomic E-state index is 11.9. The molecule has 0 aromatic heterocycles. The fourth-order valence-corrected chi connectivity index (χ4v) is 2.85. The first kappa shape index (κ1) is 19.0. The maximum absolute atomic E-state index is 11.9. The Morgan fingerprint density at radius 1 is 1.00 bits per heavy atom. The van der Waals surface area contributed by atoms with Crippen molar-refractivity contribution in [3.8, 4) is 0 Å². The van der Waals surface area contributed by atoms with Crippen LogP contribution in [0.5, 0.6) is 0 Å². The smallest absolute Gasteiger partial charge is 0.331 e. The van der Waals surface area contributed by atoms with Gasteiger partial charge in [0.1, 0.15) is 0 Å². The molecule has 0 spiro atoms. The lowest BCUT2D eigenvalue weighted by molar-refractivity contribution is -0.142. The summed E-state index contributed by atoms with van der Waals surface area (Å²) in [7, 11) is 0. The number of halogens is 2. The second-order valence-corrected chi connectivity index (χ2v) is 6.53. The van der Waals surface area contributed by atoms with Crippen LogP contribution in [0, 0.1) is 0 Å². The van der Waals surface area contributed by atoms with Crippen molar-refractivity contribution in [1.82, 2.24) is 0 Å². The Labute approximate surface area is 166 Å². The molecule has 0 bridgehead atoms. The van der Waals surface area contributed by atoms with Crippen LogP contribution < -0.4 is 5.32 Å². The van der Waals surface area contributed by atoms with Crippen molar-refractivity contribution in [2.75, 3.05) is 11.9 Å². The number of benzene rings is 3. The average Bonchev–Trinajstić information content (AvgIpc) is 2.67. The number of esters is 1. The van der Waals surface area contributed by atoms with Crippen LogP contribution in [0.25, 0.3) is 16.8 Å². The van der Waals surface area contributed by atoms with Crippen LogP contribution in [0.3, 0.4) is 0 Å². The van der Waals surface area contributed by atoms with E-state index in [2.05, 4.69) is 5.32 Å². The highest BCUT2D eigenvalue weighted by molar-refractivity contribution is 6.35. The topological polar surface area (TPSA) is 55.4 Å². The molecule has 3 rings (SSSR count). The number of rotatable bonds is 5. The van der Waals surface area contributed by atoms with Crippen molar-refractivity contribution in [1.29, 1.82) is 0 Å². The normalized spacial score (nSPS) is 10.9. The molecular weight excluding hydrogens is 385 g/mol. The van der Waals surface area contributed by atoms with E-state index in [9.17, 15) is 9.59 Å². The predicted molar refractivity (Wildman–Crippen MR) is 109 cm³/mol. The van der Waals surface area contributed by atoms with Gasteiger partial charge in [0.2, 0.25) is 0 Å². The van der Waals surface area contributed by atoms with Gasteiger partial charge in [-0.2, -0.15) is 0 Å². The first-order valence-electron chi connectivity index (χ1n) is 8.10. The Kier molecular flexibility index (Phi) is 6.12. The summed E-state index contributed by atoms with van der Waals surface area (Å²) in [5.41, 5.74) is 1.25. The second kappa shape index (κ2) is 8.71. The molecule has 0 aliphatic heterocycles. The number of anilines is 1. The van der Waals surface area contributed by atoms with Gasteiger partial charge in [-0.25, -0.2) is 4.79 Å². The fraction of sp³-hybridized carbons (Fsp3) is 0.0476. The number of carbonyl (C=O) groups is 2. The van der Waals surface area contributed by atoms with E-state index in [1.807, 2.05) is 42.5 Å². The molecule has 3 aromatic carbocycles. The largest absolute Gasteiger partial charge is 0.452 e. The van der Waals surface area contributed by atoms with Gasteiger partial charge in [0, 0.05) is 11.1 Å². The minimum absolute atomic E-state index is 0.343. The van der Waals surface area contributed by atoms with Gasteiger partial charge in [-0.3, -0.25) is 4.79 Å². The molecule has 0 fully saturated rings. The molecule has 27 heavy (non-hydrogen) atoms. The molecule has 0 heterocycles. The van der Waals surface area contributed by atoms with E-state index in [0.717, 1.165) is 16.3 Å². The Balaban J connectivity index is 1.58. The number of amides is 1. The number of nitrogens with one attached hydrogen (secondary N) is 1. The monoisotopic (exact) mass is 399 g/mol. The van der Waals surface area contributed by atoms with Gasteiger partial charge in [-0.1, -0.05) is 65.7 Å². The fourth-order valence-electron chi connectivity index (χ4n) is 2.52. The summed E-state index contributed by atoms with van der Waals surface area (Å²) in [6.07, 6.45) is 2.96. The van der Waals surface area contributed by atoms with Gasteiger partial charge in [-0.15, -0.1) is 0 Å². The molecule has 0 unspecified atom stereocenters. The third-order valence-corrected chi connectivity index (χ3v) is 4.34. The van der Waals surface area contributed by atoms with Gasteiger partial charge in [0.15, 0.2) is 6.61 Å². The Bertz CT molecular complexity index is 1030. The predicted octanol–water partition coefficient (Wildman–Crippen LogP) is 5.34. The Morgan fingerprint density at radius 3 is 2.63 bits per heavy atom. The van der Waals surface area contributed by atoms with Crippen LogP contribution in [0.1, 0.15) is 5.56 Å². The maximum Gasteiger partial charge on any atom is 0.331 e. The van der Waals surface area contributed by atoms with Crippen LogP contribution in [0.15, 0.2) is 66.7 Å². The van der Waals surface area contributed by atoms with E-state index < -0.39 is 18.5 Å². The molecule has 3 aromatic rings. The highest BCUT2D eigenvalue weighted by Gasteiger charge is 2.09. The lowest BCUT2D eigenvalue weighted by Crippen LogP contribution is -2.20. The molecule has 6 heteroatoms. The summed E-state index contributed by atoms with van der Waals surface area (Å²) in [4.78, 5) is 23.8. The SMILES string of the molecule is O=C(COC(=O)C=Cc1cccc2ccccc12)Nc1cc(Cl)ccc1Cl. The van der Waals surface area contributed by atoms with Gasteiger partial charge < -0.3 is 10.1 Å². The molecule has 0 saturated carbocycles. The summed E-state index contributed by atoms with van der Waals surface area (Å²) in [6.45, 7) is -0.429. The number of ether oxygens (including phenoxy) is 1. The van der Waals surface area contributed by atoms with Crippen LogP contribution in [-0.4, -0.2) is 18.5 Å². The zero-order valence-corrected chi connectivity index (χ0v) is 15.6. The standard InChI is InChI=1S/C21H15Cl2NO3/c22-16-9-10-18(23)19(12-16)24-20(25)13-27-21(26)11-8-15-6-3-5-14-4-1-2-7-17(14)15/h1-12H,13H2,(H,24,25). The highest BCUT2D eigenvalue weighted by Crippen LogP contribution is 2.25. The molecule has 0 saturated heterocycles. The second-order valence-electron chi connectivity index (χ2n) is 5.68. The first-order valence-corrected chi connectivity index (χ1v) is 8.86. The number of carbonyl (C=O) groups excluding carboxylic acids is 2. The van der Waals surface area contributed by atoms with Crippen molar-refractivity contribution < 1.29 is 14.3 Å². The molecule has 1 amide bonds. The summed E-state index contributed by atoms with van der Waals surface area (Å²) in [6, 6.07) is 18.4. The van der Waals surface area contributed by atoms with Crippen molar-refractivity contribution in [3.63, 3.8) is 0 Å². The van der Waals surface area contributed by atoms with Crippen LogP contribution in [0.2, 0.25) is 10.0 Å². The molecule has 0 atom stereocenters. The highest BCUT2D eigenvalue weighted by atomic mass is 35.5. The van der Waals surface area contributed by atoms with E-state index in [1.54, 1.807) is 18.2 Å². The third kappa shape index (κ3) is 5.09.